The molecule has 3 N–H and O–H groups in total. The summed E-state index contributed by atoms with van der Waals surface area (Å²) in [7, 11) is 0. The molecule has 0 aromatic heterocycles. The summed E-state index contributed by atoms with van der Waals surface area (Å²) in [5.41, 5.74) is 0.0400. The lowest BCUT2D eigenvalue weighted by Gasteiger charge is -2.16. The lowest BCUT2D eigenvalue weighted by Crippen LogP contribution is -2.28. The van der Waals surface area contributed by atoms with Crippen LogP contribution in [0.2, 0.25) is 0 Å². The van der Waals surface area contributed by atoms with Gasteiger partial charge in [-0.15, -0.1) is 0 Å². The summed E-state index contributed by atoms with van der Waals surface area (Å²) in [6.45, 7) is 9.73. The summed E-state index contributed by atoms with van der Waals surface area (Å²) in [6.07, 6.45) is 4.99. The third-order valence-corrected chi connectivity index (χ3v) is 5.56. The molecule has 0 saturated heterocycles. The number of anilines is 1. The smallest absolute Gasteiger partial charge is 0.246 e. The number of allylic oxidation sites excluding steroid dienone is 1. The molecular formula is C28H44N4O7S. The zero-order valence-electron chi connectivity index (χ0n) is 23.8. The van der Waals surface area contributed by atoms with E-state index in [-0.39, 0.29) is 44.7 Å². The van der Waals surface area contributed by atoms with Crippen molar-refractivity contribution in [3.05, 3.63) is 36.4 Å². The summed E-state index contributed by atoms with van der Waals surface area (Å²) in [4.78, 5) is 23.9. The van der Waals surface area contributed by atoms with Crippen molar-refractivity contribution in [2.24, 2.45) is 0 Å². The number of amides is 2. The Morgan fingerprint density at radius 2 is 1.80 bits per heavy atom. The predicted octanol–water partition coefficient (Wildman–Crippen LogP) is 3.08. The Hall–Kier alpha value is -2.66. The van der Waals surface area contributed by atoms with Gasteiger partial charge >= 0.3 is 0 Å². The van der Waals surface area contributed by atoms with E-state index in [1.165, 1.54) is 0 Å². The highest BCUT2D eigenvalue weighted by atomic mass is 32.2. The number of rotatable bonds is 24. The second kappa shape index (κ2) is 24.2. The average Bonchev–Trinajstić information content (AvgIpc) is 2.93. The van der Waals surface area contributed by atoms with Gasteiger partial charge in [0.15, 0.2) is 5.44 Å². The Bertz CT molecular complexity index is 896. The normalized spacial score (nSPS) is 11.9. The number of ether oxygens (including phenoxy) is 5. The second-order valence-electron chi connectivity index (χ2n) is 8.72. The van der Waals surface area contributed by atoms with Crippen LogP contribution in [0.25, 0.3) is 0 Å². The van der Waals surface area contributed by atoms with E-state index in [0.717, 1.165) is 24.7 Å². The van der Waals surface area contributed by atoms with Gasteiger partial charge in [-0.25, -0.2) is 0 Å². The molecule has 1 unspecified atom stereocenters. The first-order valence-corrected chi connectivity index (χ1v) is 14.4. The van der Waals surface area contributed by atoms with Crippen molar-refractivity contribution in [1.82, 2.24) is 10.6 Å². The molecule has 0 fully saturated rings. The minimum absolute atomic E-state index is 0.0641. The van der Waals surface area contributed by atoms with Crippen LogP contribution in [0.4, 0.5) is 5.69 Å². The maximum Gasteiger partial charge on any atom is 0.246 e. The zero-order valence-corrected chi connectivity index (χ0v) is 24.6. The van der Waals surface area contributed by atoms with Gasteiger partial charge in [-0.2, -0.15) is 5.26 Å². The molecule has 1 aromatic rings. The van der Waals surface area contributed by atoms with Gasteiger partial charge in [-0.05, 0) is 30.3 Å². The number of hydrogen-bond acceptors (Lipinski definition) is 10. The Kier molecular flexibility index (Phi) is 21.4. The van der Waals surface area contributed by atoms with Gasteiger partial charge in [0.1, 0.15) is 24.4 Å². The molecule has 12 heteroatoms. The molecule has 1 atom stereocenters. The molecular weight excluding hydrogens is 536 g/mol. The lowest BCUT2D eigenvalue weighted by molar-refractivity contribution is -0.126. The van der Waals surface area contributed by atoms with Crippen molar-refractivity contribution in [2.75, 3.05) is 71.3 Å². The van der Waals surface area contributed by atoms with Gasteiger partial charge in [0, 0.05) is 30.9 Å². The van der Waals surface area contributed by atoms with Crippen LogP contribution in [0, 0.1) is 10.7 Å². The first kappa shape index (κ1) is 35.4. The molecule has 0 spiro atoms. The largest absolute Gasteiger partial charge is 0.490 e. The quantitative estimate of drug-likeness (QED) is 0.0723. The fraction of sp³-hybridized carbons (Fsp3) is 0.607. The van der Waals surface area contributed by atoms with Crippen molar-refractivity contribution in [3.63, 3.8) is 0 Å². The van der Waals surface area contributed by atoms with E-state index < -0.39 is 5.44 Å². The zero-order chi connectivity index (χ0) is 29.3. The van der Waals surface area contributed by atoms with E-state index in [2.05, 4.69) is 29.8 Å². The number of benzene rings is 1. The topological polar surface area (TPSA) is 140 Å². The Labute approximate surface area is 242 Å². The number of hydrogen-bond donors (Lipinski definition) is 3. The van der Waals surface area contributed by atoms with Crippen LogP contribution in [0.3, 0.4) is 0 Å². The summed E-state index contributed by atoms with van der Waals surface area (Å²) in [5.74, 6) is 0.142. The van der Waals surface area contributed by atoms with Gasteiger partial charge < -0.3 is 39.6 Å². The molecule has 0 saturated carbocycles. The van der Waals surface area contributed by atoms with Crippen molar-refractivity contribution < 1.29 is 33.3 Å². The van der Waals surface area contributed by atoms with Crippen LogP contribution in [0.5, 0.6) is 5.75 Å². The Morgan fingerprint density at radius 1 is 1.02 bits per heavy atom. The van der Waals surface area contributed by atoms with Gasteiger partial charge in [-0.3, -0.25) is 9.59 Å². The van der Waals surface area contributed by atoms with Gasteiger partial charge in [0.2, 0.25) is 11.8 Å². The molecule has 1 aromatic carbocycles. The first-order chi connectivity index (χ1) is 19.4. The monoisotopic (exact) mass is 580 g/mol. The fourth-order valence-electron chi connectivity index (χ4n) is 3.01. The van der Waals surface area contributed by atoms with E-state index in [4.69, 9.17) is 28.9 Å². The molecule has 0 aliphatic heterocycles. The number of thiocyanates is 1. The Balaban J connectivity index is 2.24. The van der Waals surface area contributed by atoms with Gasteiger partial charge in [0.25, 0.3) is 0 Å². The molecule has 0 aliphatic carbocycles. The molecule has 1 rings (SSSR count). The van der Waals surface area contributed by atoms with Crippen LogP contribution in [0.1, 0.15) is 33.6 Å². The molecule has 0 heterocycles. The highest BCUT2D eigenvalue weighted by Gasteiger charge is 2.12. The van der Waals surface area contributed by atoms with E-state index in [9.17, 15) is 9.59 Å². The summed E-state index contributed by atoms with van der Waals surface area (Å²) in [5, 5.41) is 19.9. The lowest BCUT2D eigenvalue weighted by atomic mass is 10.3. The number of thioether (sulfide) groups is 1. The van der Waals surface area contributed by atoms with E-state index >= 15 is 0 Å². The molecule has 0 aliphatic rings. The second-order valence-corrected chi connectivity index (χ2v) is 9.66. The maximum absolute atomic E-state index is 12.2. The van der Waals surface area contributed by atoms with E-state index in [1.807, 2.05) is 24.5 Å². The van der Waals surface area contributed by atoms with Crippen molar-refractivity contribution in [3.8, 4) is 11.2 Å². The fourth-order valence-corrected chi connectivity index (χ4v) is 3.43. The molecule has 0 bridgehead atoms. The molecule has 11 nitrogen and oxygen atoms in total. The van der Waals surface area contributed by atoms with E-state index in [1.54, 1.807) is 24.3 Å². The minimum atomic E-state index is -0.549. The third-order valence-electron chi connectivity index (χ3n) is 4.92. The van der Waals surface area contributed by atoms with Crippen molar-refractivity contribution >= 4 is 29.3 Å². The van der Waals surface area contributed by atoms with Crippen LogP contribution in [-0.4, -0.2) is 89.2 Å². The van der Waals surface area contributed by atoms with Gasteiger partial charge in [0.05, 0.1) is 46.1 Å². The standard InChI is InChI=1S/C28H44N4O7S/c1-4-5-6-11-31-27(34)20-37-17-18-38-28(40-22-29)21-39-25-9-7-8-24(19-25)32-26(33)10-13-35-15-16-36-14-12-30-23(2)3/h5-9,19,23,28,30H,4,10-18,20-21H2,1-3H3,(H,31,34)(H,32,33)/b6-5+. The number of nitriles is 1. The number of carbonyl (C=O) groups excluding carboxylic acids is 2. The van der Waals surface area contributed by atoms with Crippen LogP contribution >= 0.6 is 11.8 Å². The predicted molar refractivity (Wildman–Crippen MR) is 156 cm³/mol. The highest BCUT2D eigenvalue weighted by molar-refractivity contribution is 8.04. The molecule has 40 heavy (non-hydrogen) atoms. The average molecular weight is 581 g/mol. The Morgan fingerprint density at radius 3 is 2.55 bits per heavy atom. The summed E-state index contributed by atoms with van der Waals surface area (Å²) < 4.78 is 27.6. The number of carbonyl (C=O) groups is 2. The molecule has 224 valence electrons. The number of nitrogens with zero attached hydrogens (tertiary/aromatic N) is 1. The van der Waals surface area contributed by atoms with Crippen LogP contribution in [0.15, 0.2) is 36.4 Å². The summed E-state index contributed by atoms with van der Waals surface area (Å²) in [6, 6.07) is 7.40. The third kappa shape index (κ3) is 20.3. The highest BCUT2D eigenvalue weighted by Crippen LogP contribution is 2.20. The molecule has 0 radical (unpaired) electrons. The summed E-state index contributed by atoms with van der Waals surface area (Å²) >= 11 is 0.930. The number of nitrogens with one attached hydrogen (secondary N) is 3. The van der Waals surface area contributed by atoms with E-state index in [0.29, 0.717) is 50.5 Å². The molecule has 2 amide bonds. The first-order valence-electron chi connectivity index (χ1n) is 13.5. The van der Waals surface area contributed by atoms with Gasteiger partial charge in [-0.1, -0.05) is 39.0 Å². The SMILES string of the molecule is CC/C=C/CNC(=O)COCCOC(COc1cccc(NC(=O)CCOCCOCCNC(C)C)c1)SC#N. The van der Waals surface area contributed by atoms with Crippen LogP contribution in [-0.2, 0) is 28.5 Å². The minimum Gasteiger partial charge on any atom is -0.490 e. The van der Waals surface area contributed by atoms with Crippen LogP contribution < -0.4 is 20.7 Å². The van der Waals surface area contributed by atoms with Crippen molar-refractivity contribution in [2.45, 2.75) is 45.1 Å². The maximum atomic E-state index is 12.2. The van der Waals surface area contributed by atoms with Crippen molar-refractivity contribution in [1.29, 1.82) is 5.26 Å².